The third kappa shape index (κ3) is 6.16. The van der Waals surface area contributed by atoms with E-state index < -0.39 is 0 Å². The second-order valence-corrected chi connectivity index (χ2v) is 16.6. The Bertz CT molecular complexity index is 2890. The van der Waals surface area contributed by atoms with Crippen molar-refractivity contribution < 1.29 is 25.8 Å². The predicted octanol–water partition coefficient (Wildman–Crippen LogP) is 13.4. The summed E-state index contributed by atoms with van der Waals surface area (Å²) in [5.74, 6) is 2.14. The predicted molar refractivity (Wildman–Crippen MR) is 241 cm³/mol. The summed E-state index contributed by atoms with van der Waals surface area (Å²) in [5, 5.41) is 1.22. The van der Waals surface area contributed by atoms with E-state index in [1.165, 1.54) is 22.2 Å². The fraction of sp³-hybridized carbons (Fsp3) is 0.132. The van der Waals surface area contributed by atoms with Crippen LogP contribution < -0.4 is 19.4 Å². The molecule has 0 bridgehead atoms. The molecule has 2 aromatic heterocycles. The first kappa shape index (κ1) is 37.9. The fourth-order valence-electron chi connectivity index (χ4n) is 9.10. The summed E-state index contributed by atoms with van der Waals surface area (Å²) in [6.45, 7) is 8.91. The third-order valence-corrected chi connectivity index (χ3v) is 12.0. The van der Waals surface area contributed by atoms with Crippen molar-refractivity contribution in [2.24, 2.45) is 0 Å². The Labute approximate surface area is 366 Å². The Hall–Kier alpha value is -6.36. The summed E-state index contributed by atoms with van der Waals surface area (Å²) >= 11 is 0. The molecule has 0 N–H and O–H groups in total. The van der Waals surface area contributed by atoms with Crippen molar-refractivity contribution in [3.8, 4) is 39.6 Å². The molecule has 0 spiro atoms. The second kappa shape index (κ2) is 14.7. The molecular formula is C53H42N5OPt-3. The van der Waals surface area contributed by atoms with Crippen LogP contribution in [0.5, 0.6) is 11.5 Å². The van der Waals surface area contributed by atoms with Gasteiger partial charge in [-0.15, -0.1) is 42.7 Å². The Morgan fingerprint density at radius 1 is 0.700 bits per heavy atom. The first-order chi connectivity index (χ1) is 28.8. The van der Waals surface area contributed by atoms with Gasteiger partial charge in [0.2, 0.25) is 0 Å². The van der Waals surface area contributed by atoms with Gasteiger partial charge in [-0.05, 0) is 64.4 Å². The number of hydrogen-bond acceptors (Lipinski definition) is 5. The Morgan fingerprint density at radius 2 is 1.37 bits per heavy atom. The third-order valence-electron chi connectivity index (χ3n) is 12.0. The maximum atomic E-state index is 6.78. The molecule has 3 aliphatic rings. The van der Waals surface area contributed by atoms with Crippen LogP contribution in [0.25, 0.3) is 45.1 Å². The van der Waals surface area contributed by atoms with Gasteiger partial charge in [0.15, 0.2) is 0 Å². The quantitative estimate of drug-likeness (QED) is 0.149. The van der Waals surface area contributed by atoms with Crippen molar-refractivity contribution in [2.75, 3.05) is 21.7 Å². The monoisotopic (exact) mass is 959 g/mol. The fourth-order valence-corrected chi connectivity index (χ4v) is 9.10. The molecule has 0 saturated heterocycles. The minimum atomic E-state index is -0.0137. The topological polar surface area (TPSA) is 36.8 Å². The summed E-state index contributed by atoms with van der Waals surface area (Å²) in [6, 6.07) is 56.6. The van der Waals surface area contributed by atoms with Gasteiger partial charge in [0.1, 0.15) is 5.82 Å². The molecule has 1 unspecified atom stereocenters. The Kier molecular flexibility index (Phi) is 9.30. The molecule has 11 rings (SSSR count). The number of fused-ring (bicyclic) bond motifs is 1. The molecule has 6 aromatic carbocycles. The van der Waals surface area contributed by atoms with Crippen LogP contribution in [0.15, 0.2) is 152 Å². The molecule has 4 heterocycles. The van der Waals surface area contributed by atoms with Gasteiger partial charge in [-0.2, -0.15) is 6.07 Å². The van der Waals surface area contributed by atoms with Gasteiger partial charge in [-0.25, -0.2) is 4.98 Å². The van der Waals surface area contributed by atoms with Gasteiger partial charge in [0.05, 0.1) is 0 Å². The van der Waals surface area contributed by atoms with Crippen LogP contribution in [0.2, 0.25) is 0 Å². The van der Waals surface area contributed by atoms with Gasteiger partial charge in [-0.1, -0.05) is 134 Å². The zero-order valence-electron chi connectivity index (χ0n) is 33.8. The van der Waals surface area contributed by atoms with E-state index >= 15 is 0 Å². The first-order valence-electron chi connectivity index (χ1n) is 20.3. The normalized spacial score (nSPS) is 15.1. The van der Waals surface area contributed by atoms with E-state index in [4.69, 9.17) is 9.72 Å². The van der Waals surface area contributed by atoms with E-state index in [2.05, 4.69) is 205 Å². The molecule has 0 fully saturated rings. The van der Waals surface area contributed by atoms with Crippen LogP contribution in [-0.2, 0) is 26.5 Å². The van der Waals surface area contributed by atoms with Gasteiger partial charge < -0.3 is 24.0 Å². The van der Waals surface area contributed by atoms with Crippen molar-refractivity contribution >= 4 is 45.4 Å². The molecule has 298 valence electrons. The average Bonchev–Trinajstić information content (AvgIpc) is 3.92. The van der Waals surface area contributed by atoms with Crippen LogP contribution in [0.4, 0.5) is 28.4 Å². The molecule has 0 saturated carbocycles. The number of hydrogen-bond donors (Lipinski definition) is 0. The van der Waals surface area contributed by atoms with Crippen LogP contribution >= 0.6 is 0 Å². The molecule has 1 atom stereocenters. The van der Waals surface area contributed by atoms with E-state index in [-0.39, 0.29) is 32.5 Å². The van der Waals surface area contributed by atoms with Crippen molar-refractivity contribution in [3.63, 3.8) is 0 Å². The molecule has 60 heavy (non-hydrogen) atoms. The number of aromatic nitrogens is 2. The second-order valence-electron chi connectivity index (χ2n) is 16.6. The van der Waals surface area contributed by atoms with Gasteiger partial charge in [0.25, 0.3) is 0 Å². The maximum Gasteiger partial charge on any atom is 0.135 e. The minimum Gasteiger partial charge on any atom is -0.509 e. The van der Waals surface area contributed by atoms with Crippen molar-refractivity contribution in [3.05, 3.63) is 187 Å². The van der Waals surface area contributed by atoms with Gasteiger partial charge >= 0.3 is 0 Å². The summed E-state index contributed by atoms with van der Waals surface area (Å²) in [7, 11) is 2.19. The van der Waals surface area contributed by atoms with Crippen LogP contribution in [0.1, 0.15) is 50.1 Å². The summed E-state index contributed by atoms with van der Waals surface area (Å²) in [6.07, 6.45) is 7.41. The van der Waals surface area contributed by atoms with Crippen molar-refractivity contribution in [1.29, 1.82) is 0 Å². The van der Waals surface area contributed by atoms with Crippen molar-refractivity contribution in [1.82, 2.24) is 9.55 Å². The van der Waals surface area contributed by atoms with Crippen molar-refractivity contribution in [2.45, 2.75) is 38.6 Å². The molecule has 1 aliphatic carbocycles. The molecule has 0 radical (unpaired) electrons. The molecule has 6 nitrogen and oxygen atoms in total. The number of anilines is 5. The number of pyridine rings is 1. The minimum absolute atomic E-state index is 0. The summed E-state index contributed by atoms with van der Waals surface area (Å²) in [5.41, 5.74) is 14.6. The maximum absolute atomic E-state index is 6.78. The summed E-state index contributed by atoms with van der Waals surface area (Å²) in [4.78, 5) is 11.8. The number of benzene rings is 6. The standard InChI is InChI=1S/C53H42N5O.Pt/c1-53(2,3)37-28-29-54-49(30-37)58-46-27-15-26-45-50(46)51-47(55(45)4)32-40(33-48(51)58)59-39-21-13-20-38(31-39)56-34-57(44-25-12-11-24-43(44)56)52-41(35-16-7-5-8-17-35)22-14-23-42(52)36-18-9-6-10-19-36;/h5-25,27-30,32,34,45H,26H2,1-4H3;/q-3;. The van der Waals surface area contributed by atoms with Crippen LogP contribution in [0, 0.1) is 18.8 Å². The smallest absolute Gasteiger partial charge is 0.135 e. The molecule has 7 heteroatoms. The van der Waals surface area contributed by atoms with Crippen LogP contribution in [-0.4, -0.2) is 16.6 Å². The number of rotatable bonds is 7. The van der Waals surface area contributed by atoms with E-state index in [0.717, 1.165) is 68.4 Å². The first-order valence-corrected chi connectivity index (χ1v) is 20.3. The van der Waals surface area contributed by atoms with E-state index in [1.807, 2.05) is 18.3 Å². The average molecular weight is 960 g/mol. The molecule has 2 aliphatic heterocycles. The number of ether oxygens (including phenoxy) is 1. The van der Waals surface area contributed by atoms with E-state index in [1.54, 1.807) is 0 Å². The molecule has 8 aromatic rings. The zero-order chi connectivity index (χ0) is 39.8. The Morgan fingerprint density at radius 3 is 2.07 bits per heavy atom. The van der Waals surface area contributed by atoms with Gasteiger partial charge in [-0.3, -0.25) is 0 Å². The zero-order valence-corrected chi connectivity index (χ0v) is 36.1. The summed E-state index contributed by atoms with van der Waals surface area (Å²) < 4.78 is 9.05. The molecule has 0 amide bonds. The molecular weight excluding hydrogens is 918 g/mol. The van der Waals surface area contributed by atoms with Gasteiger partial charge in [0, 0.05) is 85.7 Å². The van der Waals surface area contributed by atoms with E-state index in [0.29, 0.717) is 11.5 Å². The Balaban J connectivity index is 0.00000433. The SMILES string of the molecule is CN1c2cc(Oc3[c-]c(N4[CH-]N(c5c(-c6ccccc6)cccc5-c5ccccc5)c5ccccc54)ccc3)[c-]c3c2c2c(n3-c3cc(C(C)(C)C)ccn3)C=CCC21.[Pt]. The largest absolute Gasteiger partial charge is 0.509 e. The number of para-hydroxylation sites is 3. The van der Waals surface area contributed by atoms with E-state index in [9.17, 15) is 0 Å². The number of nitrogens with zero attached hydrogens (tertiary/aromatic N) is 5. The van der Waals surface area contributed by atoms with Crippen LogP contribution in [0.3, 0.4) is 0 Å².